The normalized spacial score (nSPS) is 10.4. The Morgan fingerprint density at radius 2 is 2.26 bits per heavy atom. The van der Waals surface area contributed by atoms with Crippen molar-refractivity contribution in [3.8, 4) is 0 Å². The summed E-state index contributed by atoms with van der Waals surface area (Å²) in [6.07, 6.45) is 3.06. The fourth-order valence-corrected chi connectivity index (χ4v) is 1.60. The van der Waals surface area contributed by atoms with Gasteiger partial charge in [-0.15, -0.1) is 0 Å². The summed E-state index contributed by atoms with van der Waals surface area (Å²) >= 11 is 0. The predicted molar refractivity (Wildman–Crippen MR) is 65.5 cm³/mol. The highest BCUT2D eigenvalue weighted by molar-refractivity contribution is 5.90. The van der Waals surface area contributed by atoms with Gasteiger partial charge in [-0.25, -0.2) is 0 Å². The molecule has 0 spiro atoms. The summed E-state index contributed by atoms with van der Waals surface area (Å²) < 4.78 is 2.79. The van der Waals surface area contributed by atoms with E-state index in [1.54, 1.807) is 24.9 Å². The Morgan fingerprint density at radius 3 is 2.79 bits per heavy atom. The van der Waals surface area contributed by atoms with Crippen LogP contribution < -0.4 is 5.32 Å². The van der Waals surface area contributed by atoms with Crippen LogP contribution in [0.5, 0.6) is 0 Å². The van der Waals surface area contributed by atoms with Gasteiger partial charge in [0.05, 0.1) is 28.7 Å². The molecule has 0 fully saturated rings. The Kier molecular flexibility index (Phi) is 3.27. The molecule has 2 aromatic heterocycles. The molecule has 0 saturated heterocycles. The van der Waals surface area contributed by atoms with E-state index in [-0.39, 0.29) is 18.3 Å². The third kappa shape index (κ3) is 2.94. The summed E-state index contributed by atoms with van der Waals surface area (Å²) in [5.41, 5.74) is 1.30. The highest BCUT2D eigenvalue weighted by Gasteiger charge is 2.14. The fourth-order valence-electron chi connectivity index (χ4n) is 1.60. The van der Waals surface area contributed by atoms with E-state index in [1.807, 2.05) is 0 Å². The summed E-state index contributed by atoms with van der Waals surface area (Å²) in [6, 6.07) is 1.24. The van der Waals surface area contributed by atoms with Gasteiger partial charge < -0.3 is 15.4 Å². The molecule has 0 unspecified atom stereocenters. The van der Waals surface area contributed by atoms with Crippen LogP contribution in [0.2, 0.25) is 0 Å². The molecule has 2 aromatic rings. The lowest BCUT2D eigenvalue weighted by molar-refractivity contribution is -0.389. The van der Waals surface area contributed by atoms with Gasteiger partial charge in [0.2, 0.25) is 5.91 Å². The van der Waals surface area contributed by atoms with Crippen LogP contribution in [0.15, 0.2) is 18.5 Å². The van der Waals surface area contributed by atoms with Gasteiger partial charge in [-0.05, 0) is 11.8 Å². The van der Waals surface area contributed by atoms with Gasteiger partial charge >= 0.3 is 5.82 Å². The molecule has 0 bridgehead atoms. The first kappa shape index (κ1) is 12.7. The zero-order valence-electron chi connectivity index (χ0n) is 10.4. The minimum absolute atomic E-state index is 0.0951. The zero-order valence-corrected chi connectivity index (χ0v) is 10.4. The van der Waals surface area contributed by atoms with Gasteiger partial charge in [-0.1, -0.05) is 0 Å². The maximum Gasteiger partial charge on any atom is 0.389 e. The Hall–Kier alpha value is -2.71. The molecule has 0 saturated carbocycles. The van der Waals surface area contributed by atoms with Crippen molar-refractivity contribution in [1.82, 2.24) is 19.6 Å². The first-order chi connectivity index (χ1) is 8.95. The van der Waals surface area contributed by atoms with Crippen LogP contribution in [-0.2, 0) is 18.4 Å². The third-order valence-electron chi connectivity index (χ3n) is 2.41. The van der Waals surface area contributed by atoms with Crippen LogP contribution in [0.3, 0.4) is 0 Å². The number of rotatable bonds is 4. The van der Waals surface area contributed by atoms with Crippen molar-refractivity contribution in [2.24, 2.45) is 7.05 Å². The standard InChI is InChI=1S/C10H12N6O3/c1-7-8(5-14(2)12-7)11-10(17)6-15-4-3-9(13-15)16(18)19/h3-5H,6H2,1-2H3,(H,11,17). The molecular weight excluding hydrogens is 252 g/mol. The second-order valence-corrected chi connectivity index (χ2v) is 3.98. The summed E-state index contributed by atoms with van der Waals surface area (Å²) in [7, 11) is 1.75. The van der Waals surface area contributed by atoms with Gasteiger partial charge in [0.25, 0.3) is 0 Å². The lowest BCUT2D eigenvalue weighted by Gasteiger charge is -2.01. The molecule has 0 aliphatic heterocycles. The molecule has 2 heterocycles. The van der Waals surface area contributed by atoms with Crippen LogP contribution in [0.25, 0.3) is 0 Å². The Morgan fingerprint density at radius 1 is 1.53 bits per heavy atom. The number of carbonyl (C=O) groups is 1. The molecule has 9 nitrogen and oxygen atoms in total. The molecule has 19 heavy (non-hydrogen) atoms. The number of hydrogen-bond donors (Lipinski definition) is 1. The quantitative estimate of drug-likeness (QED) is 0.638. The van der Waals surface area contributed by atoms with Crippen LogP contribution >= 0.6 is 0 Å². The topological polar surface area (TPSA) is 108 Å². The zero-order chi connectivity index (χ0) is 14.0. The van der Waals surface area contributed by atoms with E-state index in [4.69, 9.17) is 0 Å². The van der Waals surface area contributed by atoms with E-state index in [1.165, 1.54) is 16.9 Å². The van der Waals surface area contributed by atoms with Crippen LogP contribution in [0.4, 0.5) is 11.5 Å². The molecule has 100 valence electrons. The van der Waals surface area contributed by atoms with Gasteiger partial charge in [0, 0.05) is 13.2 Å². The lowest BCUT2D eigenvalue weighted by Crippen LogP contribution is -2.19. The molecule has 0 radical (unpaired) electrons. The van der Waals surface area contributed by atoms with Crippen LogP contribution in [-0.4, -0.2) is 30.4 Å². The minimum Gasteiger partial charge on any atom is -0.358 e. The molecule has 0 aromatic carbocycles. The van der Waals surface area contributed by atoms with Crippen LogP contribution in [0.1, 0.15) is 5.69 Å². The molecule has 9 heteroatoms. The van der Waals surface area contributed by atoms with Gasteiger partial charge in [-0.3, -0.25) is 9.48 Å². The Labute approximate surface area is 108 Å². The van der Waals surface area contributed by atoms with Crippen molar-refractivity contribution < 1.29 is 9.72 Å². The molecule has 1 amide bonds. The smallest absolute Gasteiger partial charge is 0.358 e. The highest BCUT2D eigenvalue weighted by Crippen LogP contribution is 2.11. The number of nitrogens with one attached hydrogen (secondary N) is 1. The summed E-state index contributed by atoms with van der Waals surface area (Å²) in [5.74, 6) is -0.612. The lowest BCUT2D eigenvalue weighted by atomic mass is 10.4. The van der Waals surface area contributed by atoms with E-state index in [0.717, 1.165) is 0 Å². The average Bonchev–Trinajstić information content (AvgIpc) is 2.87. The fraction of sp³-hybridized carbons (Fsp3) is 0.300. The Balaban J connectivity index is 2.01. The van der Waals surface area contributed by atoms with Crippen molar-refractivity contribution >= 4 is 17.4 Å². The largest absolute Gasteiger partial charge is 0.389 e. The maximum atomic E-state index is 11.7. The Bertz CT molecular complexity index is 629. The van der Waals surface area contributed by atoms with E-state index in [9.17, 15) is 14.9 Å². The number of hydrogen-bond acceptors (Lipinski definition) is 5. The first-order valence-corrected chi connectivity index (χ1v) is 5.43. The number of aromatic nitrogens is 4. The molecule has 0 aliphatic carbocycles. The van der Waals surface area contributed by atoms with Gasteiger partial charge in [0.15, 0.2) is 0 Å². The number of nitrogens with zero attached hydrogens (tertiary/aromatic N) is 5. The molecule has 0 aliphatic rings. The minimum atomic E-state index is -0.611. The third-order valence-corrected chi connectivity index (χ3v) is 2.41. The second kappa shape index (κ2) is 4.88. The monoisotopic (exact) mass is 264 g/mol. The number of amides is 1. The second-order valence-electron chi connectivity index (χ2n) is 3.98. The van der Waals surface area contributed by atoms with Crippen molar-refractivity contribution in [1.29, 1.82) is 0 Å². The van der Waals surface area contributed by atoms with E-state index in [0.29, 0.717) is 11.4 Å². The molecule has 1 N–H and O–H groups in total. The average molecular weight is 264 g/mol. The van der Waals surface area contributed by atoms with Crippen molar-refractivity contribution in [2.45, 2.75) is 13.5 Å². The van der Waals surface area contributed by atoms with Gasteiger partial charge in [-0.2, -0.15) is 9.78 Å². The number of carbonyl (C=O) groups excluding carboxylic acids is 1. The van der Waals surface area contributed by atoms with Crippen LogP contribution in [0, 0.1) is 17.0 Å². The summed E-state index contributed by atoms with van der Waals surface area (Å²) in [5, 5.41) is 20.9. The van der Waals surface area contributed by atoms with Crippen molar-refractivity contribution in [3.05, 3.63) is 34.3 Å². The summed E-state index contributed by atoms with van der Waals surface area (Å²) in [6.45, 7) is 1.68. The first-order valence-electron chi connectivity index (χ1n) is 5.43. The van der Waals surface area contributed by atoms with Crippen molar-refractivity contribution in [3.63, 3.8) is 0 Å². The molecule has 0 atom stereocenters. The number of aryl methyl sites for hydroxylation is 2. The highest BCUT2D eigenvalue weighted by atomic mass is 16.6. The van der Waals surface area contributed by atoms with E-state index in [2.05, 4.69) is 15.5 Å². The predicted octanol–water partition coefficient (Wildman–Crippen LogP) is 0.472. The molecule has 2 rings (SSSR count). The number of anilines is 1. The van der Waals surface area contributed by atoms with Gasteiger partial charge in [0.1, 0.15) is 6.54 Å². The van der Waals surface area contributed by atoms with E-state index < -0.39 is 4.92 Å². The SMILES string of the molecule is Cc1nn(C)cc1NC(=O)Cn1ccc([N+](=O)[O-])n1. The van der Waals surface area contributed by atoms with E-state index >= 15 is 0 Å². The number of nitro groups is 1. The molecular formula is C10H12N6O3. The summed E-state index contributed by atoms with van der Waals surface area (Å²) in [4.78, 5) is 21.6. The maximum absolute atomic E-state index is 11.7. The van der Waals surface area contributed by atoms with Crippen molar-refractivity contribution in [2.75, 3.05) is 5.32 Å².